The summed E-state index contributed by atoms with van der Waals surface area (Å²) in [5, 5.41) is 7.47. The first kappa shape index (κ1) is 27.8. The number of likely N-dealkylation sites (tertiary alicyclic amines) is 1. The quantitative estimate of drug-likeness (QED) is 0.344. The molecule has 0 spiro atoms. The molecular formula is C29H30F5N5O2. The molecule has 2 saturated heterocycles. The lowest BCUT2D eigenvalue weighted by Crippen LogP contribution is -2.49. The highest BCUT2D eigenvalue weighted by atomic mass is 19.4. The van der Waals surface area contributed by atoms with Crippen molar-refractivity contribution in [1.29, 1.82) is 0 Å². The van der Waals surface area contributed by atoms with Gasteiger partial charge in [-0.15, -0.1) is 10.2 Å². The minimum absolute atomic E-state index is 0.0320. The highest BCUT2D eigenvalue weighted by molar-refractivity contribution is 6.10. The average Bonchev–Trinajstić information content (AvgIpc) is 3.50. The van der Waals surface area contributed by atoms with E-state index in [0.717, 1.165) is 37.8 Å². The monoisotopic (exact) mass is 575 g/mol. The third-order valence-corrected chi connectivity index (χ3v) is 8.44. The van der Waals surface area contributed by atoms with Gasteiger partial charge in [0.15, 0.2) is 0 Å². The molecule has 0 bridgehead atoms. The molecule has 3 aliphatic heterocycles. The van der Waals surface area contributed by atoms with Gasteiger partial charge in [-0.3, -0.25) is 14.3 Å². The molecule has 0 unspecified atom stereocenters. The molecule has 41 heavy (non-hydrogen) atoms. The third kappa shape index (κ3) is 5.23. The van der Waals surface area contributed by atoms with E-state index in [-0.39, 0.29) is 43.1 Å². The number of carbonyl (C=O) groups is 1. The van der Waals surface area contributed by atoms with Crippen LogP contribution in [0.5, 0.6) is 0 Å². The Labute approximate surface area is 233 Å². The zero-order chi connectivity index (χ0) is 28.9. The van der Waals surface area contributed by atoms with Crippen LogP contribution in [0.3, 0.4) is 0 Å². The molecule has 0 aliphatic carbocycles. The summed E-state index contributed by atoms with van der Waals surface area (Å²) < 4.78 is 75.7. The van der Waals surface area contributed by atoms with Crippen LogP contribution in [0.4, 0.5) is 27.6 Å². The van der Waals surface area contributed by atoms with Gasteiger partial charge >= 0.3 is 12.7 Å². The number of benzene rings is 2. The molecule has 1 amide bonds. The zero-order valence-corrected chi connectivity index (χ0v) is 22.5. The molecule has 12 heteroatoms. The van der Waals surface area contributed by atoms with Gasteiger partial charge in [-0.1, -0.05) is 19.1 Å². The summed E-state index contributed by atoms with van der Waals surface area (Å²) in [6.07, 6.45) is -1.41. The molecule has 1 aromatic heterocycles. The van der Waals surface area contributed by atoms with E-state index in [9.17, 15) is 26.7 Å². The van der Waals surface area contributed by atoms with Crippen molar-refractivity contribution < 1.29 is 31.5 Å². The predicted molar refractivity (Wildman–Crippen MR) is 140 cm³/mol. The summed E-state index contributed by atoms with van der Waals surface area (Å²) in [6, 6.07) is 9.72. The van der Waals surface area contributed by atoms with Gasteiger partial charge in [-0.25, -0.2) is 0 Å². The van der Waals surface area contributed by atoms with E-state index in [1.807, 2.05) is 6.07 Å². The van der Waals surface area contributed by atoms with Crippen molar-refractivity contribution in [2.45, 2.75) is 57.4 Å². The number of ether oxygens (including phenoxy) is 1. The van der Waals surface area contributed by atoms with E-state index in [1.165, 1.54) is 11.0 Å². The van der Waals surface area contributed by atoms with E-state index in [0.29, 0.717) is 28.3 Å². The van der Waals surface area contributed by atoms with Crippen LogP contribution in [0.15, 0.2) is 42.7 Å². The first-order chi connectivity index (χ1) is 19.5. The van der Waals surface area contributed by atoms with E-state index >= 15 is 0 Å². The molecule has 4 heterocycles. The van der Waals surface area contributed by atoms with Crippen LogP contribution >= 0.6 is 0 Å². The van der Waals surface area contributed by atoms with Crippen molar-refractivity contribution in [2.75, 3.05) is 31.2 Å². The van der Waals surface area contributed by atoms with E-state index in [2.05, 4.69) is 22.0 Å². The van der Waals surface area contributed by atoms with Crippen LogP contribution in [-0.2, 0) is 35.8 Å². The van der Waals surface area contributed by atoms with Crippen molar-refractivity contribution in [3.63, 3.8) is 0 Å². The van der Waals surface area contributed by atoms with Gasteiger partial charge in [0.1, 0.15) is 12.2 Å². The fourth-order valence-corrected chi connectivity index (χ4v) is 6.29. The maximum atomic E-state index is 14.2. The molecule has 1 atom stereocenters. The Morgan fingerprint density at radius 3 is 2.66 bits per heavy atom. The van der Waals surface area contributed by atoms with Crippen LogP contribution in [0, 0.1) is 5.92 Å². The zero-order valence-electron chi connectivity index (χ0n) is 22.5. The van der Waals surface area contributed by atoms with Crippen molar-refractivity contribution in [3.8, 4) is 0 Å². The first-order valence-corrected chi connectivity index (χ1v) is 13.7. The molecule has 3 aliphatic rings. The number of halogens is 5. The fraction of sp³-hybridized carbons (Fsp3) is 0.483. The number of fused-ring (bicyclic) bond motifs is 1. The Morgan fingerprint density at radius 1 is 1.17 bits per heavy atom. The topological polar surface area (TPSA) is 63.5 Å². The number of hydrogen-bond acceptors (Lipinski definition) is 5. The van der Waals surface area contributed by atoms with Gasteiger partial charge in [-0.2, -0.15) is 22.0 Å². The van der Waals surface area contributed by atoms with Gasteiger partial charge in [0.2, 0.25) is 0 Å². The Kier molecular flexibility index (Phi) is 7.09. The second-order valence-corrected chi connectivity index (χ2v) is 11.5. The van der Waals surface area contributed by atoms with Gasteiger partial charge in [-0.05, 0) is 66.3 Å². The van der Waals surface area contributed by atoms with Crippen LogP contribution in [-0.4, -0.2) is 51.9 Å². The number of anilines is 1. The fourth-order valence-electron chi connectivity index (χ4n) is 6.29. The SMILES string of the molecule is C[C@H]1CCCN(Cc2cc3c(c(C(F)(F)F)c2)CN(c2cccc(C4(Cc5nncn5C(F)F)COC4)c2)C3=O)C1. The lowest BCUT2D eigenvalue weighted by Gasteiger charge is -2.42. The third-order valence-electron chi connectivity index (χ3n) is 8.44. The number of rotatable bonds is 7. The highest BCUT2D eigenvalue weighted by Crippen LogP contribution is 2.42. The van der Waals surface area contributed by atoms with Gasteiger partial charge < -0.3 is 9.64 Å². The van der Waals surface area contributed by atoms with Crippen LogP contribution < -0.4 is 4.90 Å². The maximum Gasteiger partial charge on any atom is 0.416 e. The summed E-state index contributed by atoms with van der Waals surface area (Å²) in [5.74, 6) is 0.0809. The molecule has 2 aromatic carbocycles. The summed E-state index contributed by atoms with van der Waals surface area (Å²) in [4.78, 5) is 17.1. The largest absolute Gasteiger partial charge is 0.416 e. The number of hydrogen-bond donors (Lipinski definition) is 0. The minimum Gasteiger partial charge on any atom is -0.379 e. The molecule has 7 nitrogen and oxygen atoms in total. The van der Waals surface area contributed by atoms with E-state index < -0.39 is 29.6 Å². The summed E-state index contributed by atoms with van der Waals surface area (Å²) in [6.45, 7) is 1.60. The number of alkyl halides is 5. The van der Waals surface area contributed by atoms with Crippen LogP contribution in [0.25, 0.3) is 0 Å². The van der Waals surface area contributed by atoms with Crippen LogP contribution in [0.1, 0.15) is 64.8 Å². The first-order valence-electron chi connectivity index (χ1n) is 13.7. The van der Waals surface area contributed by atoms with Crippen LogP contribution in [0.2, 0.25) is 0 Å². The predicted octanol–water partition coefficient (Wildman–Crippen LogP) is 5.60. The number of nitrogens with zero attached hydrogens (tertiary/aromatic N) is 5. The van der Waals surface area contributed by atoms with E-state index in [1.54, 1.807) is 24.3 Å². The van der Waals surface area contributed by atoms with E-state index in [4.69, 9.17) is 4.74 Å². The molecule has 3 aromatic rings. The smallest absolute Gasteiger partial charge is 0.379 e. The van der Waals surface area contributed by atoms with Gasteiger partial charge in [0, 0.05) is 36.2 Å². The lowest BCUT2D eigenvalue weighted by molar-refractivity contribution is -0.138. The summed E-state index contributed by atoms with van der Waals surface area (Å²) >= 11 is 0. The van der Waals surface area contributed by atoms with Crippen molar-refractivity contribution >= 4 is 11.6 Å². The summed E-state index contributed by atoms with van der Waals surface area (Å²) in [5.41, 5.74) is 0.211. The molecule has 0 saturated carbocycles. The standard InChI is InChI=1S/C29H30F5N5O2/c1-18-4-3-7-37(12-18)13-19-8-22-23(24(9-19)29(32,33)34)14-38(26(22)40)21-6-2-5-20(10-21)28(15-41-16-28)11-25-36-35-17-39(25)27(30)31/h2,5-6,8-10,17-18,27H,3-4,7,11-16H2,1H3/t18-/m0/s1. The van der Waals surface area contributed by atoms with Gasteiger partial charge in [0.05, 0.1) is 25.3 Å². The second-order valence-electron chi connectivity index (χ2n) is 11.5. The molecule has 6 rings (SSSR count). The molecule has 0 radical (unpaired) electrons. The Bertz CT molecular complexity index is 1450. The Balaban J connectivity index is 1.30. The molecule has 218 valence electrons. The van der Waals surface area contributed by atoms with Crippen molar-refractivity contribution in [2.24, 2.45) is 5.92 Å². The maximum absolute atomic E-state index is 14.2. The summed E-state index contributed by atoms with van der Waals surface area (Å²) in [7, 11) is 0. The lowest BCUT2D eigenvalue weighted by atomic mass is 9.75. The number of aromatic nitrogens is 3. The normalized spacial score (nSPS) is 20.9. The molecule has 0 N–H and O–H groups in total. The highest BCUT2D eigenvalue weighted by Gasteiger charge is 2.44. The molecular weight excluding hydrogens is 545 g/mol. The minimum atomic E-state index is -4.61. The number of piperidine rings is 1. The molecule has 2 fully saturated rings. The second kappa shape index (κ2) is 10.5. The average molecular weight is 576 g/mol. The van der Waals surface area contributed by atoms with Crippen molar-refractivity contribution in [3.05, 3.63) is 76.4 Å². The Hall–Kier alpha value is -3.38. The number of carbonyl (C=O) groups excluding carboxylic acids is 1. The number of amides is 1. The van der Waals surface area contributed by atoms with Crippen molar-refractivity contribution in [1.82, 2.24) is 19.7 Å². The van der Waals surface area contributed by atoms with Gasteiger partial charge in [0.25, 0.3) is 5.91 Å². The Morgan fingerprint density at radius 2 is 1.98 bits per heavy atom.